The normalized spacial score (nSPS) is 12.9. The van der Waals surface area contributed by atoms with Crippen LogP contribution >= 0.6 is 0 Å². The molecule has 2 aromatic rings. The van der Waals surface area contributed by atoms with Gasteiger partial charge >= 0.3 is 5.97 Å². The molecule has 1 heterocycles. The number of rotatable bonds is 3. The van der Waals surface area contributed by atoms with E-state index >= 15 is 0 Å². The summed E-state index contributed by atoms with van der Waals surface area (Å²) in [5.74, 6) is -0.573. The lowest BCUT2D eigenvalue weighted by Gasteiger charge is -2.08. The van der Waals surface area contributed by atoms with E-state index in [0.717, 1.165) is 12.0 Å². The van der Waals surface area contributed by atoms with Gasteiger partial charge < -0.3 is 9.52 Å². The average molecular weight is 218 g/mol. The molecule has 1 aromatic heterocycles. The second kappa shape index (κ2) is 4.00. The van der Waals surface area contributed by atoms with Crippen LogP contribution in [-0.4, -0.2) is 11.1 Å². The zero-order valence-corrected chi connectivity index (χ0v) is 9.36. The fourth-order valence-corrected chi connectivity index (χ4v) is 1.85. The number of carbonyl (C=O) groups is 1. The SMILES string of the molecule is CCC(C)c1cccc2c(C(=O)O)coc12. The summed E-state index contributed by atoms with van der Waals surface area (Å²) in [6.45, 7) is 4.21. The predicted octanol–water partition coefficient (Wildman–Crippen LogP) is 3.64. The van der Waals surface area contributed by atoms with Crippen LogP contribution in [0.4, 0.5) is 0 Å². The molecule has 1 N–H and O–H groups in total. The molecule has 0 bridgehead atoms. The molecule has 3 heteroatoms. The molecule has 3 nitrogen and oxygen atoms in total. The van der Waals surface area contributed by atoms with Gasteiger partial charge in [-0.15, -0.1) is 0 Å². The van der Waals surface area contributed by atoms with E-state index in [1.165, 1.54) is 6.26 Å². The molecule has 0 amide bonds. The first-order valence-corrected chi connectivity index (χ1v) is 5.38. The highest BCUT2D eigenvalue weighted by Gasteiger charge is 2.16. The molecule has 2 rings (SSSR count). The summed E-state index contributed by atoms with van der Waals surface area (Å²) in [6, 6.07) is 5.66. The fourth-order valence-electron chi connectivity index (χ4n) is 1.85. The van der Waals surface area contributed by atoms with Crippen LogP contribution < -0.4 is 0 Å². The summed E-state index contributed by atoms with van der Waals surface area (Å²) in [7, 11) is 0. The van der Waals surface area contributed by atoms with Crippen molar-refractivity contribution in [1.29, 1.82) is 0 Å². The Morgan fingerprint density at radius 3 is 2.88 bits per heavy atom. The number of hydrogen-bond donors (Lipinski definition) is 1. The van der Waals surface area contributed by atoms with Gasteiger partial charge in [0.05, 0.1) is 0 Å². The van der Waals surface area contributed by atoms with Gasteiger partial charge in [0.25, 0.3) is 0 Å². The van der Waals surface area contributed by atoms with E-state index in [9.17, 15) is 4.79 Å². The molecule has 0 radical (unpaired) electrons. The molecule has 0 aliphatic rings. The van der Waals surface area contributed by atoms with Crippen LogP contribution in [0, 0.1) is 0 Å². The summed E-state index contributed by atoms with van der Waals surface area (Å²) >= 11 is 0. The molecule has 84 valence electrons. The molecule has 16 heavy (non-hydrogen) atoms. The summed E-state index contributed by atoms with van der Waals surface area (Å²) in [4.78, 5) is 11.0. The third-order valence-electron chi connectivity index (χ3n) is 3.00. The summed E-state index contributed by atoms with van der Waals surface area (Å²) in [5.41, 5.74) is 2.02. The monoisotopic (exact) mass is 218 g/mol. The van der Waals surface area contributed by atoms with E-state index in [1.807, 2.05) is 12.1 Å². The van der Waals surface area contributed by atoms with Crippen molar-refractivity contribution in [3.05, 3.63) is 35.6 Å². The van der Waals surface area contributed by atoms with E-state index in [-0.39, 0.29) is 5.56 Å². The van der Waals surface area contributed by atoms with Crippen molar-refractivity contribution in [3.8, 4) is 0 Å². The fraction of sp³-hybridized carbons (Fsp3) is 0.308. The smallest absolute Gasteiger partial charge is 0.339 e. The lowest BCUT2D eigenvalue weighted by atomic mass is 9.96. The Morgan fingerprint density at radius 2 is 2.25 bits per heavy atom. The second-order valence-electron chi connectivity index (χ2n) is 3.99. The minimum atomic E-state index is -0.944. The Balaban J connectivity index is 2.66. The molecule has 0 aliphatic carbocycles. The van der Waals surface area contributed by atoms with Gasteiger partial charge in [-0.3, -0.25) is 0 Å². The number of benzene rings is 1. The lowest BCUT2D eigenvalue weighted by molar-refractivity contribution is 0.0698. The molecule has 1 atom stereocenters. The Kier molecular flexibility index (Phi) is 2.69. The molecule has 0 saturated carbocycles. The van der Waals surface area contributed by atoms with Crippen molar-refractivity contribution < 1.29 is 14.3 Å². The second-order valence-corrected chi connectivity index (χ2v) is 3.99. The van der Waals surface area contributed by atoms with Crippen LogP contribution in [0.2, 0.25) is 0 Å². The van der Waals surface area contributed by atoms with Crippen LogP contribution in [0.1, 0.15) is 42.1 Å². The molecular weight excluding hydrogens is 204 g/mol. The third kappa shape index (κ3) is 1.58. The minimum absolute atomic E-state index is 0.236. The molecule has 0 aliphatic heterocycles. The lowest BCUT2D eigenvalue weighted by Crippen LogP contribution is -1.95. The van der Waals surface area contributed by atoms with Gasteiger partial charge in [-0.2, -0.15) is 0 Å². The van der Waals surface area contributed by atoms with Gasteiger partial charge in [-0.25, -0.2) is 4.79 Å². The first-order chi connectivity index (χ1) is 7.65. The molecule has 0 saturated heterocycles. The van der Waals surface area contributed by atoms with Gasteiger partial charge in [0, 0.05) is 5.39 Å². The van der Waals surface area contributed by atoms with Crippen LogP contribution in [0.25, 0.3) is 11.0 Å². The zero-order valence-electron chi connectivity index (χ0n) is 9.36. The van der Waals surface area contributed by atoms with E-state index in [1.54, 1.807) is 6.07 Å². The van der Waals surface area contributed by atoms with E-state index in [4.69, 9.17) is 9.52 Å². The highest BCUT2D eigenvalue weighted by atomic mass is 16.4. The molecule has 1 aromatic carbocycles. The van der Waals surface area contributed by atoms with Crippen molar-refractivity contribution in [2.45, 2.75) is 26.2 Å². The molecule has 0 fully saturated rings. The van der Waals surface area contributed by atoms with E-state index < -0.39 is 5.97 Å². The van der Waals surface area contributed by atoms with Gasteiger partial charge in [-0.1, -0.05) is 32.0 Å². The Bertz CT molecular complexity index is 525. The third-order valence-corrected chi connectivity index (χ3v) is 3.00. The van der Waals surface area contributed by atoms with Crippen molar-refractivity contribution >= 4 is 16.9 Å². The van der Waals surface area contributed by atoms with Gasteiger partial charge in [0.1, 0.15) is 17.4 Å². The summed E-state index contributed by atoms with van der Waals surface area (Å²) in [6.07, 6.45) is 2.32. The minimum Gasteiger partial charge on any atom is -0.478 e. The highest BCUT2D eigenvalue weighted by molar-refractivity contribution is 6.02. The van der Waals surface area contributed by atoms with Gasteiger partial charge in [-0.05, 0) is 17.9 Å². The van der Waals surface area contributed by atoms with Gasteiger partial charge in [0.15, 0.2) is 0 Å². The molecular formula is C13H14O3. The van der Waals surface area contributed by atoms with Crippen LogP contribution in [0.15, 0.2) is 28.9 Å². The van der Waals surface area contributed by atoms with E-state index in [2.05, 4.69) is 13.8 Å². The van der Waals surface area contributed by atoms with Crippen molar-refractivity contribution in [2.24, 2.45) is 0 Å². The number of hydrogen-bond acceptors (Lipinski definition) is 2. The number of carboxylic acids is 1. The number of para-hydroxylation sites is 1. The average Bonchev–Trinajstić information content (AvgIpc) is 2.71. The number of furan rings is 1. The first kappa shape index (κ1) is 10.7. The highest BCUT2D eigenvalue weighted by Crippen LogP contribution is 2.30. The quantitative estimate of drug-likeness (QED) is 0.855. The topological polar surface area (TPSA) is 50.4 Å². The maximum Gasteiger partial charge on any atom is 0.339 e. The van der Waals surface area contributed by atoms with Crippen molar-refractivity contribution in [2.75, 3.05) is 0 Å². The number of carboxylic acid groups (broad SMARTS) is 1. The standard InChI is InChI=1S/C13H14O3/c1-3-8(2)9-5-4-6-10-11(13(14)15)7-16-12(9)10/h4-8H,3H2,1-2H3,(H,14,15). The van der Waals surface area contributed by atoms with Gasteiger partial charge in [0.2, 0.25) is 0 Å². The number of fused-ring (bicyclic) bond motifs is 1. The Morgan fingerprint density at radius 1 is 1.50 bits per heavy atom. The summed E-state index contributed by atoms with van der Waals surface area (Å²) in [5, 5.41) is 9.68. The molecule has 0 spiro atoms. The Hall–Kier alpha value is -1.77. The van der Waals surface area contributed by atoms with Crippen molar-refractivity contribution in [1.82, 2.24) is 0 Å². The van der Waals surface area contributed by atoms with E-state index in [0.29, 0.717) is 16.9 Å². The van der Waals surface area contributed by atoms with Crippen molar-refractivity contribution in [3.63, 3.8) is 0 Å². The Labute approximate surface area is 93.7 Å². The maximum atomic E-state index is 11.0. The number of aromatic carboxylic acids is 1. The van der Waals surface area contributed by atoms with Crippen LogP contribution in [0.3, 0.4) is 0 Å². The maximum absolute atomic E-state index is 11.0. The van der Waals surface area contributed by atoms with Crippen LogP contribution in [-0.2, 0) is 0 Å². The van der Waals surface area contributed by atoms with Crippen LogP contribution in [0.5, 0.6) is 0 Å². The largest absolute Gasteiger partial charge is 0.478 e. The predicted molar refractivity (Wildman–Crippen MR) is 61.9 cm³/mol. The first-order valence-electron chi connectivity index (χ1n) is 5.38. The zero-order chi connectivity index (χ0) is 11.7. The molecule has 1 unspecified atom stereocenters. The summed E-state index contributed by atoms with van der Waals surface area (Å²) < 4.78 is 5.38.